The summed E-state index contributed by atoms with van der Waals surface area (Å²) in [5, 5.41) is 7.68. The molecule has 1 aliphatic carbocycles. The number of hydrogen-bond donors (Lipinski definition) is 1. The van der Waals surface area contributed by atoms with Gasteiger partial charge in [0.2, 0.25) is 0 Å². The maximum Gasteiger partial charge on any atom is 0.318 e. The Morgan fingerprint density at radius 2 is 2.00 bits per heavy atom. The summed E-state index contributed by atoms with van der Waals surface area (Å²) >= 11 is 0. The second kappa shape index (κ2) is 7.94. The molecule has 0 radical (unpaired) electrons. The maximum atomic E-state index is 12.9. The number of nitrogens with one attached hydrogen (secondary N) is 1. The Morgan fingerprint density at radius 3 is 2.58 bits per heavy atom. The number of carbonyl (C=O) groups excluding carboxylic acids is 1. The van der Waals surface area contributed by atoms with Gasteiger partial charge in [-0.1, -0.05) is 30.3 Å². The SMILES string of the molecule is Cc1nn(C)c(C)c1CN(C(=O)NC(C)CCc1ccccc1)C1CC1. The number of rotatable bonds is 7. The molecule has 5 nitrogen and oxygen atoms in total. The van der Waals surface area contributed by atoms with Crippen molar-refractivity contribution in [3.63, 3.8) is 0 Å². The maximum absolute atomic E-state index is 12.9. The fourth-order valence-corrected chi connectivity index (χ4v) is 3.36. The summed E-state index contributed by atoms with van der Waals surface area (Å²) in [6.45, 7) is 6.83. The summed E-state index contributed by atoms with van der Waals surface area (Å²) in [5.74, 6) is 0. The largest absolute Gasteiger partial charge is 0.336 e. The molecule has 1 aromatic carbocycles. The van der Waals surface area contributed by atoms with E-state index in [0.29, 0.717) is 12.6 Å². The zero-order chi connectivity index (χ0) is 18.7. The Kier molecular flexibility index (Phi) is 5.64. The lowest BCUT2D eigenvalue weighted by Gasteiger charge is -2.25. The smallest absolute Gasteiger partial charge is 0.318 e. The number of aryl methyl sites for hydroxylation is 3. The van der Waals surface area contributed by atoms with Crippen LogP contribution < -0.4 is 5.32 Å². The molecule has 1 fully saturated rings. The number of benzene rings is 1. The highest BCUT2D eigenvalue weighted by atomic mass is 16.2. The lowest BCUT2D eigenvalue weighted by Crippen LogP contribution is -2.44. The number of urea groups is 1. The van der Waals surface area contributed by atoms with Crippen LogP contribution in [0.25, 0.3) is 0 Å². The van der Waals surface area contributed by atoms with E-state index in [1.54, 1.807) is 0 Å². The lowest BCUT2D eigenvalue weighted by atomic mass is 10.1. The molecule has 1 aromatic heterocycles. The third kappa shape index (κ3) is 4.45. The highest BCUT2D eigenvalue weighted by Crippen LogP contribution is 2.29. The minimum atomic E-state index is 0.0516. The summed E-state index contributed by atoms with van der Waals surface area (Å²) in [6.07, 6.45) is 4.13. The molecule has 140 valence electrons. The van der Waals surface area contributed by atoms with Crippen LogP contribution in [0.2, 0.25) is 0 Å². The van der Waals surface area contributed by atoms with Gasteiger partial charge in [0.1, 0.15) is 0 Å². The Bertz CT molecular complexity index is 749. The second-order valence-corrected chi connectivity index (χ2v) is 7.51. The molecule has 0 saturated heterocycles. The molecule has 5 heteroatoms. The first kappa shape index (κ1) is 18.5. The molecule has 0 spiro atoms. The van der Waals surface area contributed by atoms with Gasteiger partial charge in [-0.2, -0.15) is 5.10 Å². The molecule has 1 heterocycles. The van der Waals surface area contributed by atoms with E-state index in [1.165, 1.54) is 11.1 Å². The molecule has 26 heavy (non-hydrogen) atoms. The topological polar surface area (TPSA) is 50.2 Å². The van der Waals surface area contributed by atoms with Crippen LogP contribution in [0.15, 0.2) is 30.3 Å². The van der Waals surface area contributed by atoms with Crippen LogP contribution in [0, 0.1) is 13.8 Å². The first-order valence-electron chi connectivity index (χ1n) is 9.56. The number of aromatic nitrogens is 2. The van der Waals surface area contributed by atoms with Crippen molar-refractivity contribution >= 4 is 6.03 Å². The zero-order valence-electron chi connectivity index (χ0n) is 16.3. The van der Waals surface area contributed by atoms with Crippen molar-refractivity contribution < 1.29 is 4.79 Å². The van der Waals surface area contributed by atoms with Crippen molar-refractivity contribution in [3.8, 4) is 0 Å². The Balaban J connectivity index is 1.58. The van der Waals surface area contributed by atoms with E-state index in [-0.39, 0.29) is 12.1 Å². The van der Waals surface area contributed by atoms with Gasteiger partial charge in [-0.3, -0.25) is 4.68 Å². The quantitative estimate of drug-likeness (QED) is 0.823. The molecule has 1 unspecified atom stereocenters. The van der Waals surface area contributed by atoms with Crippen LogP contribution in [0.5, 0.6) is 0 Å². The second-order valence-electron chi connectivity index (χ2n) is 7.51. The lowest BCUT2D eigenvalue weighted by molar-refractivity contribution is 0.188. The first-order chi connectivity index (χ1) is 12.5. The van der Waals surface area contributed by atoms with Crippen LogP contribution in [-0.2, 0) is 20.0 Å². The molecule has 0 bridgehead atoms. The van der Waals surface area contributed by atoms with Crippen LogP contribution >= 0.6 is 0 Å². The highest BCUT2D eigenvalue weighted by molar-refractivity contribution is 5.75. The van der Waals surface area contributed by atoms with E-state index < -0.39 is 0 Å². The predicted molar refractivity (Wildman–Crippen MR) is 104 cm³/mol. The minimum Gasteiger partial charge on any atom is -0.336 e. The standard InChI is InChI=1S/C21H30N4O/c1-15(10-11-18-8-6-5-7-9-18)22-21(26)25(19-12-13-19)14-20-16(2)23-24(4)17(20)3/h5-9,15,19H,10-14H2,1-4H3,(H,22,26). The number of amides is 2. The van der Waals surface area contributed by atoms with Crippen molar-refractivity contribution in [3.05, 3.63) is 52.8 Å². The predicted octanol–water partition coefficient (Wildman–Crippen LogP) is 3.73. The van der Waals surface area contributed by atoms with Gasteiger partial charge in [-0.25, -0.2) is 4.79 Å². The fraction of sp³-hybridized carbons (Fsp3) is 0.524. The summed E-state index contributed by atoms with van der Waals surface area (Å²) in [4.78, 5) is 14.9. The van der Waals surface area contributed by atoms with Gasteiger partial charge < -0.3 is 10.2 Å². The average molecular weight is 354 g/mol. The van der Waals surface area contributed by atoms with Crippen LogP contribution in [-0.4, -0.2) is 32.8 Å². The van der Waals surface area contributed by atoms with Gasteiger partial charge in [0, 0.05) is 30.4 Å². The number of hydrogen-bond acceptors (Lipinski definition) is 2. The molecule has 1 atom stereocenters. The van der Waals surface area contributed by atoms with Gasteiger partial charge in [-0.05, 0) is 52.0 Å². The van der Waals surface area contributed by atoms with E-state index in [9.17, 15) is 4.79 Å². The number of carbonyl (C=O) groups is 1. The average Bonchev–Trinajstić information content (AvgIpc) is 3.42. The fourth-order valence-electron chi connectivity index (χ4n) is 3.36. The molecule has 2 amide bonds. The Labute approximate surface area is 156 Å². The van der Waals surface area contributed by atoms with E-state index in [1.807, 2.05) is 29.6 Å². The summed E-state index contributed by atoms with van der Waals surface area (Å²) in [5.41, 5.74) is 4.64. The molecule has 1 saturated carbocycles. The van der Waals surface area contributed by atoms with Crippen LogP contribution in [0.3, 0.4) is 0 Å². The van der Waals surface area contributed by atoms with E-state index in [0.717, 1.165) is 37.1 Å². The highest BCUT2D eigenvalue weighted by Gasteiger charge is 2.34. The van der Waals surface area contributed by atoms with Gasteiger partial charge in [0.15, 0.2) is 0 Å². The molecule has 1 aliphatic rings. The van der Waals surface area contributed by atoms with Gasteiger partial charge in [-0.15, -0.1) is 0 Å². The van der Waals surface area contributed by atoms with Gasteiger partial charge in [0.05, 0.1) is 12.2 Å². The number of nitrogens with zero attached hydrogens (tertiary/aromatic N) is 3. The molecule has 1 N–H and O–H groups in total. The zero-order valence-corrected chi connectivity index (χ0v) is 16.3. The van der Waals surface area contributed by atoms with Crippen LogP contribution in [0.4, 0.5) is 4.79 Å². The third-order valence-electron chi connectivity index (χ3n) is 5.31. The van der Waals surface area contributed by atoms with Crippen molar-refractivity contribution in [1.29, 1.82) is 0 Å². The van der Waals surface area contributed by atoms with Gasteiger partial charge >= 0.3 is 6.03 Å². The van der Waals surface area contributed by atoms with Crippen molar-refractivity contribution in [2.45, 2.75) is 65.1 Å². The first-order valence-corrected chi connectivity index (χ1v) is 9.56. The van der Waals surface area contributed by atoms with Gasteiger partial charge in [0.25, 0.3) is 0 Å². The van der Waals surface area contributed by atoms with Crippen molar-refractivity contribution in [1.82, 2.24) is 20.0 Å². The van der Waals surface area contributed by atoms with Crippen molar-refractivity contribution in [2.24, 2.45) is 7.05 Å². The van der Waals surface area contributed by atoms with E-state index >= 15 is 0 Å². The van der Waals surface area contributed by atoms with E-state index in [4.69, 9.17) is 0 Å². The molecule has 2 aromatic rings. The summed E-state index contributed by atoms with van der Waals surface area (Å²) in [6, 6.07) is 11.0. The van der Waals surface area contributed by atoms with Crippen molar-refractivity contribution in [2.75, 3.05) is 0 Å². The van der Waals surface area contributed by atoms with Crippen LogP contribution in [0.1, 0.15) is 48.7 Å². The Morgan fingerprint density at radius 1 is 1.31 bits per heavy atom. The Hall–Kier alpha value is -2.30. The molecular formula is C21H30N4O. The summed E-state index contributed by atoms with van der Waals surface area (Å²) < 4.78 is 1.90. The monoisotopic (exact) mass is 354 g/mol. The molecule has 0 aliphatic heterocycles. The minimum absolute atomic E-state index is 0.0516. The summed E-state index contributed by atoms with van der Waals surface area (Å²) in [7, 11) is 1.96. The molecule has 3 rings (SSSR count). The third-order valence-corrected chi connectivity index (χ3v) is 5.31. The molecular weight excluding hydrogens is 324 g/mol. The normalized spacial score (nSPS) is 14.9. The van der Waals surface area contributed by atoms with E-state index in [2.05, 4.69) is 48.5 Å².